The number of rotatable bonds is 1. The van der Waals surface area contributed by atoms with E-state index in [1.165, 1.54) is 38.0 Å². The van der Waals surface area contributed by atoms with Gasteiger partial charge in [0.15, 0.2) is 0 Å². The van der Waals surface area contributed by atoms with Crippen molar-refractivity contribution in [1.82, 2.24) is 0 Å². The molecule has 1 aliphatic carbocycles. The van der Waals surface area contributed by atoms with E-state index in [0.29, 0.717) is 11.5 Å². The van der Waals surface area contributed by atoms with E-state index in [0.717, 1.165) is 23.8 Å². The molecule has 0 aromatic heterocycles. The Labute approximate surface area is 127 Å². The number of benzene rings is 1. The summed E-state index contributed by atoms with van der Waals surface area (Å²) in [5.74, 6) is 2.72. The predicted octanol–water partition coefficient (Wildman–Crippen LogP) is 2.07. The Morgan fingerprint density at radius 2 is 2.19 bits per heavy atom. The van der Waals surface area contributed by atoms with E-state index in [-0.39, 0.29) is 0 Å². The summed E-state index contributed by atoms with van der Waals surface area (Å²) in [7, 11) is 0. The molecule has 3 heterocycles. The molecule has 2 bridgehead atoms. The molecular formula is C19H27N2+. The predicted molar refractivity (Wildman–Crippen MR) is 85.7 cm³/mol. The molecule has 3 fully saturated rings. The Hall–Kier alpha value is -1.02. The highest BCUT2D eigenvalue weighted by Gasteiger charge is 2.67. The third-order valence-electron chi connectivity index (χ3n) is 7.63. The lowest BCUT2D eigenvalue weighted by molar-refractivity contribution is -0.927. The van der Waals surface area contributed by atoms with Crippen molar-refractivity contribution in [2.24, 2.45) is 17.8 Å². The summed E-state index contributed by atoms with van der Waals surface area (Å²) < 4.78 is 0. The number of fused-ring (bicyclic) bond motifs is 2. The van der Waals surface area contributed by atoms with Crippen LogP contribution in [0.4, 0.5) is 5.69 Å². The first-order valence-corrected chi connectivity index (χ1v) is 8.96. The normalized spacial score (nSPS) is 49.4. The van der Waals surface area contributed by atoms with Crippen molar-refractivity contribution >= 4 is 5.69 Å². The van der Waals surface area contributed by atoms with Gasteiger partial charge in [0.25, 0.3) is 0 Å². The summed E-state index contributed by atoms with van der Waals surface area (Å²) in [5.41, 5.74) is 3.53. The van der Waals surface area contributed by atoms with E-state index in [4.69, 9.17) is 0 Å². The lowest BCUT2D eigenvalue weighted by Gasteiger charge is -2.53. The maximum Gasteiger partial charge on any atom is 0.0998 e. The number of hydrogen-bond acceptors (Lipinski definition) is 1. The Morgan fingerprint density at radius 3 is 3.05 bits per heavy atom. The fraction of sp³-hybridized carbons (Fsp3) is 0.684. The Kier molecular flexibility index (Phi) is 2.41. The molecule has 1 unspecified atom stereocenters. The average molecular weight is 283 g/mol. The van der Waals surface area contributed by atoms with Crippen LogP contribution in [0.2, 0.25) is 0 Å². The van der Waals surface area contributed by atoms with Crippen LogP contribution in [0.1, 0.15) is 38.7 Å². The molecule has 2 saturated heterocycles. The first-order valence-electron chi connectivity index (χ1n) is 8.96. The maximum atomic E-state index is 3.96. The number of piperidine rings is 1. The second kappa shape index (κ2) is 4.04. The molecule has 2 heteroatoms. The van der Waals surface area contributed by atoms with Crippen LogP contribution in [0.15, 0.2) is 24.3 Å². The van der Waals surface area contributed by atoms with Gasteiger partial charge in [-0.2, -0.15) is 0 Å². The van der Waals surface area contributed by atoms with Gasteiger partial charge < -0.3 is 10.2 Å². The van der Waals surface area contributed by atoms with Crippen LogP contribution < -0.4 is 10.2 Å². The minimum Gasteiger partial charge on any atom is -0.381 e. The van der Waals surface area contributed by atoms with E-state index in [2.05, 4.69) is 43.4 Å². The molecule has 1 spiro atoms. The molecule has 2 nitrogen and oxygen atoms in total. The first kappa shape index (κ1) is 12.5. The van der Waals surface area contributed by atoms with E-state index >= 15 is 0 Å². The third-order valence-corrected chi connectivity index (χ3v) is 7.63. The molecule has 5 rings (SSSR count). The minimum absolute atomic E-state index is 0.445. The Bertz CT molecular complexity index is 583. The average Bonchev–Trinajstić information content (AvgIpc) is 3.07. The minimum atomic E-state index is 0.445. The Morgan fingerprint density at radius 1 is 1.33 bits per heavy atom. The maximum absolute atomic E-state index is 3.96. The molecule has 0 amide bonds. The van der Waals surface area contributed by atoms with Crippen molar-refractivity contribution in [3.05, 3.63) is 29.8 Å². The van der Waals surface area contributed by atoms with Crippen LogP contribution in [-0.4, -0.2) is 25.2 Å². The zero-order chi connectivity index (χ0) is 14.2. The molecule has 1 aromatic rings. The van der Waals surface area contributed by atoms with Crippen LogP contribution in [0.5, 0.6) is 0 Å². The van der Waals surface area contributed by atoms with Gasteiger partial charge in [0, 0.05) is 30.5 Å². The molecule has 3 aliphatic heterocycles. The van der Waals surface area contributed by atoms with Gasteiger partial charge >= 0.3 is 0 Å². The van der Waals surface area contributed by atoms with Gasteiger partial charge in [-0.05, 0) is 29.9 Å². The molecule has 7 atom stereocenters. The van der Waals surface area contributed by atoms with Crippen molar-refractivity contribution < 1.29 is 4.90 Å². The second-order valence-electron chi connectivity index (χ2n) is 8.05. The number of quaternary nitrogens is 1. The highest BCUT2D eigenvalue weighted by Crippen LogP contribution is 2.57. The summed E-state index contributed by atoms with van der Waals surface area (Å²) in [6.07, 6.45) is 4.24. The highest BCUT2D eigenvalue weighted by atomic mass is 15.2. The molecule has 4 aliphatic rings. The van der Waals surface area contributed by atoms with Gasteiger partial charge in [-0.15, -0.1) is 0 Å². The SMILES string of the molecule is CC[C@@H]1C[NH+]2CC[C@]34c5ccccc5N[C@@H]3[C@@H](C)[C@H]1C[C@H]24. The fourth-order valence-electron chi connectivity index (χ4n) is 6.77. The summed E-state index contributed by atoms with van der Waals surface area (Å²) in [6.45, 7) is 7.78. The van der Waals surface area contributed by atoms with Crippen LogP contribution in [0.25, 0.3) is 0 Å². The zero-order valence-corrected chi connectivity index (χ0v) is 13.2. The Balaban J connectivity index is 1.68. The number of para-hydroxylation sites is 1. The van der Waals surface area contributed by atoms with Crippen LogP contribution in [0.3, 0.4) is 0 Å². The molecular weight excluding hydrogens is 256 g/mol. The molecule has 0 radical (unpaired) electrons. The van der Waals surface area contributed by atoms with Crippen molar-refractivity contribution in [2.75, 3.05) is 18.4 Å². The van der Waals surface area contributed by atoms with Crippen LogP contribution in [0, 0.1) is 17.8 Å². The van der Waals surface area contributed by atoms with E-state index < -0.39 is 0 Å². The van der Waals surface area contributed by atoms with Gasteiger partial charge in [-0.3, -0.25) is 0 Å². The van der Waals surface area contributed by atoms with Gasteiger partial charge in [-0.25, -0.2) is 0 Å². The topological polar surface area (TPSA) is 16.5 Å². The smallest absolute Gasteiger partial charge is 0.0998 e. The summed E-state index contributed by atoms with van der Waals surface area (Å²) >= 11 is 0. The number of nitrogens with one attached hydrogen (secondary N) is 2. The summed E-state index contributed by atoms with van der Waals surface area (Å²) in [5, 5.41) is 3.96. The lowest BCUT2D eigenvalue weighted by atomic mass is 9.55. The fourth-order valence-corrected chi connectivity index (χ4v) is 6.77. The molecule has 112 valence electrons. The zero-order valence-electron chi connectivity index (χ0n) is 13.2. The van der Waals surface area contributed by atoms with Gasteiger partial charge in [0.2, 0.25) is 0 Å². The molecule has 21 heavy (non-hydrogen) atoms. The quantitative estimate of drug-likeness (QED) is 0.806. The van der Waals surface area contributed by atoms with Crippen molar-refractivity contribution in [3.8, 4) is 0 Å². The molecule has 1 aromatic carbocycles. The highest BCUT2D eigenvalue weighted by molar-refractivity contribution is 5.64. The first-order chi connectivity index (χ1) is 10.3. The van der Waals surface area contributed by atoms with Crippen LogP contribution in [-0.2, 0) is 5.41 Å². The third kappa shape index (κ3) is 1.34. The van der Waals surface area contributed by atoms with Crippen molar-refractivity contribution in [1.29, 1.82) is 0 Å². The van der Waals surface area contributed by atoms with E-state index in [1.807, 2.05) is 4.90 Å². The number of anilines is 1. The van der Waals surface area contributed by atoms with Gasteiger partial charge in [0.1, 0.15) is 0 Å². The van der Waals surface area contributed by atoms with Crippen LogP contribution >= 0.6 is 0 Å². The summed E-state index contributed by atoms with van der Waals surface area (Å²) in [6, 6.07) is 10.8. The van der Waals surface area contributed by atoms with Gasteiger partial charge in [-0.1, -0.05) is 32.0 Å². The molecule has 1 saturated carbocycles. The summed E-state index contributed by atoms with van der Waals surface area (Å²) in [4.78, 5) is 1.92. The lowest BCUT2D eigenvalue weighted by Crippen LogP contribution is -3.17. The van der Waals surface area contributed by atoms with Crippen molar-refractivity contribution in [2.45, 2.75) is 50.6 Å². The van der Waals surface area contributed by atoms with E-state index in [9.17, 15) is 0 Å². The van der Waals surface area contributed by atoms with E-state index in [1.54, 1.807) is 5.56 Å². The van der Waals surface area contributed by atoms with Crippen molar-refractivity contribution in [3.63, 3.8) is 0 Å². The largest absolute Gasteiger partial charge is 0.381 e. The molecule has 2 N–H and O–H groups in total. The second-order valence-corrected chi connectivity index (χ2v) is 8.05. The monoisotopic (exact) mass is 283 g/mol. The standard InChI is InChI=1S/C19H26N2/c1-3-13-11-21-9-8-19-15-6-4-5-7-16(15)20-18(19)12(2)14(13)10-17(19)21/h4-7,12-14,17-18,20H,3,8-11H2,1-2H3/p+1/t12-,13+,14+,17-,18+,19+/m0/s1. The van der Waals surface area contributed by atoms with Gasteiger partial charge in [0.05, 0.1) is 24.5 Å². The number of hydrogen-bond donors (Lipinski definition) is 2.